The second kappa shape index (κ2) is 5.47. The Kier molecular flexibility index (Phi) is 3.84. The van der Waals surface area contributed by atoms with Crippen molar-refractivity contribution in [3.63, 3.8) is 0 Å². The first-order chi connectivity index (χ1) is 9.62. The van der Waals surface area contributed by atoms with Crippen LogP contribution in [0.5, 0.6) is 0 Å². The minimum absolute atomic E-state index is 0.0741. The molecule has 0 bridgehead atoms. The summed E-state index contributed by atoms with van der Waals surface area (Å²) in [5, 5.41) is 12.9. The molecule has 1 fully saturated rings. The maximum Gasteiger partial charge on any atom is 0.193 e. The Morgan fingerprint density at radius 2 is 2.15 bits per heavy atom. The molecule has 4 nitrogen and oxygen atoms in total. The van der Waals surface area contributed by atoms with E-state index in [9.17, 15) is 5.11 Å². The van der Waals surface area contributed by atoms with E-state index in [1.165, 1.54) is 19.3 Å². The van der Waals surface area contributed by atoms with Crippen molar-refractivity contribution >= 4 is 16.3 Å². The lowest BCUT2D eigenvalue weighted by Gasteiger charge is -2.46. The molecule has 110 valence electrons. The second-order valence-electron chi connectivity index (χ2n) is 6.10. The Balaban J connectivity index is 1.79. The largest absolute Gasteiger partial charge is 0.391 e. The molecule has 1 atom stereocenters. The van der Waals surface area contributed by atoms with Gasteiger partial charge in [0, 0.05) is 29.7 Å². The van der Waals surface area contributed by atoms with E-state index in [4.69, 9.17) is 0 Å². The van der Waals surface area contributed by atoms with Crippen molar-refractivity contribution in [2.24, 2.45) is 0 Å². The van der Waals surface area contributed by atoms with Gasteiger partial charge in [-0.25, -0.2) is 4.98 Å². The van der Waals surface area contributed by atoms with Crippen LogP contribution >= 0.6 is 11.3 Å². The fourth-order valence-electron chi connectivity index (χ4n) is 3.51. The van der Waals surface area contributed by atoms with Gasteiger partial charge < -0.3 is 10.0 Å². The van der Waals surface area contributed by atoms with Gasteiger partial charge in [0.2, 0.25) is 0 Å². The van der Waals surface area contributed by atoms with Gasteiger partial charge in [0.05, 0.1) is 11.8 Å². The number of hydrogen-bond donors (Lipinski definition) is 1. The van der Waals surface area contributed by atoms with E-state index in [-0.39, 0.29) is 11.6 Å². The Morgan fingerprint density at radius 1 is 1.40 bits per heavy atom. The number of nitrogens with zero attached hydrogens (tertiary/aromatic N) is 3. The maximum absolute atomic E-state index is 10.8. The van der Waals surface area contributed by atoms with Crippen LogP contribution in [-0.2, 0) is 6.42 Å². The molecule has 2 heterocycles. The molecule has 1 aliphatic rings. The summed E-state index contributed by atoms with van der Waals surface area (Å²) in [4.78, 5) is 7.84. The third-order valence-corrected chi connectivity index (χ3v) is 5.55. The molecule has 20 heavy (non-hydrogen) atoms. The van der Waals surface area contributed by atoms with Crippen molar-refractivity contribution in [1.82, 2.24) is 14.3 Å². The quantitative estimate of drug-likeness (QED) is 0.942. The highest BCUT2D eigenvalue weighted by atomic mass is 32.1. The number of rotatable bonds is 4. The number of fused-ring (bicyclic) bond motifs is 1. The summed E-state index contributed by atoms with van der Waals surface area (Å²) in [6, 6.07) is 0. The van der Waals surface area contributed by atoms with Crippen molar-refractivity contribution < 1.29 is 5.11 Å². The number of aliphatic hydroxyl groups excluding tert-OH is 1. The van der Waals surface area contributed by atoms with E-state index in [0.717, 1.165) is 23.5 Å². The van der Waals surface area contributed by atoms with Crippen LogP contribution in [0.3, 0.4) is 0 Å². The van der Waals surface area contributed by atoms with Gasteiger partial charge in [-0.15, -0.1) is 11.3 Å². The van der Waals surface area contributed by atoms with Gasteiger partial charge in [0.15, 0.2) is 4.96 Å². The Bertz CT molecular complexity index is 540. The summed E-state index contributed by atoms with van der Waals surface area (Å²) < 4.78 is 2.04. The van der Waals surface area contributed by atoms with Gasteiger partial charge in [-0.1, -0.05) is 19.3 Å². The van der Waals surface area contributed by atoms with E-state index in [1.54, 1.807) is 11.3 Å². The highest BCUT2D eigenvalue weighted by Crippen LogP contribution is 2.36. The zero-order valence-corrected chi connectivity index (χ0v) is 13.1. The van der Waals surface area contributed by atoms with Gasteiger partial charge in [-0.2, -0.15) is 0 Å². The van der Waals surface area contributed by atoms with Crippen LogP contribution in [0, 0.1) is 0 Å². The fourth-order valence-corrected chi connectivity index (χ4v) is 4.22. The van der Waals surface area contributed by atoms with Gasteiger partial charge in [-0.3, -0.25) is 4.40 Å². The van der Waals surface area contributed by atoms with E-state index in [2.05, 4.69) is 24.0 Å². The molecule has 1 saturated carbocycles. The molecule has 0 aliphatic heterocycles. The van der Waals surface area contributed by atoms with Crippen molar-refractivity contribution in [3.05, 3.63) is 23.5 Å². The number of thiazole rings is 1. The number of aliphatic hydroxyl groups is 1. The second-order valence-corrected chi connectivity index (χ2v) is 6.98. The molecule has 0 saturated heterocycles. The van der Waals surface area contributed by atoms with Gasteiger partial charge in [0.1, 0.15) is 0 Å². The van der Waals surface area contributed by atoms with Crippen LogP contribution in [-0.4, -0.2) is 45.1 Å². The molecule has 2 aromatic rings. The maximum atomic E-state index is 10.8. The Morgan fingerprint density at radius 3 is 2.80 bits per heavy atom. The average Bonchev–Trinajstić information content (AvgIpc) is 3.00. The Hall–Kier alpha value is -0.910. The molecule has 2 aromatic heterocycles. The van der Waals surface area contributed by atoms with E-state index >= 15 is 0 Å². The minimum Gasteiger partial charge on any atom is -0.391 e. The van der Waals surface area contributed by atoms with Crippen LogP contribution in [0.1, 0.15) is 37.8 Å². The summed E-state index contributed by atoms with van der Waals surface area (Å²) in [5.41, 5.74) is 0.922. The van der Waals surface area contributed by atoms with Crippen molar-refractivity contribution in [3.8, 4) is 0 Å². The number of hydrogen-bond acceptors (Lipinski definition) is 4. The molecular formula is C15H23N3OS. The standard InChI is InChI=1S/C15H23N3OS/c1-17(2)15(6-4-3-5-7-15)13(19)10-12-11-18-8-9-20-14(18)16-12/h8-9,11,13,19H,3-7,10H2,1-2H3. The lowest BCUT2D eigenvalue weighted by Crippen LogP contribution is -2.55. The third kappa shape index (κ3) is 2.38. The van der Waals surface area contributed by atoms with E-state index in [1.807, 2.05) is 22.2 Å². The predicted octanol–water partition coefficient (Wildman–Crippen LogP) is 2.56. The summed E-state index contributed by atoms with van der Waals surface area (Å²) in [7, 11) is 4.20. The highest BCUT2D eigenvalue weighted by Gasteiger charge is 2.41. The molecule has 3 rings (SSSR count). The first-order valence-corrected chi connectivity index (χ1v) is 8.26. The molecule has 1 N–H and O–H groups in total. The summed E-state index contributed by atoms with van der Waals surface area (Å²) in [5.74, 6) is 0. The molecule has 1 aliphatic carbocycles. The molecular weight excluding hydrogens is 270 g/mol. The molecule has 0 aromatic carbocycles. The number of imidazole rings is 1. The SMILES string of the molecule is CN(C)C1(C(O)Cc2cn3ccsc3n2)CCCCC1. The van der Waals surface area contributed by atoms with E-state index < -0.39 is 0 Å². The molecule has 0 radical (unpaired) electrons. The van der Waals surface area contributed by atoms with Crippen molar-refractivity contribution in [2.45, 2.75) is 50.2 Å². The lowest BCUT2D eigenvalue weighted by atomic mass is 9.75. The monoisotopic (exact) mass is 293 g/mol. The van der Waals surface area contributed by atoms with Gasteiger partial charge in [0.25, 0.3) is 0 Å². The number of likely N-dealkylation sites (N-methyl/N-ethyl adjacent to an activating group) is 1. The number of aromatic nitrogens is 2. The third-order valence-electron chi connectivity index (χ3n) is 4.78. The summed E-state index contributed by atoms with van der Waals surface area (Å²) in [6.45, 7) is 0. The average molecular weight is 293 g/mol. The van der Waals surface area contributed by atoms with Crippen molar-refractivity contribution in [1.29, 1.82) is 0 Å². The van der Waals surface area contributed by atoms with Gasteiger partial charge >= 0.3 is 0 Å². The fraction of sp³-hybridized carbons (Fsp3) is 0.667. The molecule has 0 amide bonds. The van der Waals surface area contributed by atoms with Crippen molar-refractivity contribution in [2.75, 3.05) is 14.1 Å². The molecule has 5 heteroatoms. The smallest absolute Gasteiger partial charge is 0.193 e. The van der Waals surface area contributed by atoms with Crippen LogP contribution in [0.2, 0.25) is 0 Å². The predicted molar refractivity (Wildman–Crippen MR) is 82.3 cm³/mol. The van der Waals surface area contributed by atoms with Crippen LogP contribution in [0.15, 0.2) is 17.8 Å². The summed E-state index contributed by atoms with van der Waals surface area (Å²) in [6.07, 6.45) is 10.3. The Labute approximate surface area is 124 Å². The van der Waals surface area contributed by atoms with E-state index in [0.29, 0.717) is 6.42 Å². The minimum atomic E-state index is -0.345. The van der Waals surface area contributed by atoms with Gasteiger partial charge in [-0.05, 0) is 26.9 Å². The van der Waals surface area contributed by atoms with Crippen LogP contribution in [0.25, 0.3) is 4.96 Å². The van der Waals surface area contributed by atoms with Crippen LogP contribution in [0.4, 0.5) is 0 Å². The normalized spacial score (nSPS) is 20.6. The molecule has 1 unspecified atom stereocenters. The summed E-state index contributed by atoms with van der Waals surface area (Å²) >= 11 is 1.64. The zero-order chi connectivity index (χ0) is 14.2. The first-order valence-electron chi connectivity index (χ1n) is 7.38. The lowest BCUT2D eigenvalue weighted by molar-refractivity contribution is -0.0314. The first kappa shape index (κ1) is 14.0. The zero-order valence-electron chi connectivity index (χ0n) is 12.2. The van der Waals surface area contributed by atoms with Crippen LogP contribution < -0.4 is 0 Å². The highest BCUT2D eigenvalue weighted by molar-refractivity contribution is 7.15. The topological polar surface area (TPSA) is 40.8 Å². The molecule has 0 spiro atoms.